The highest BCUT2D eigenvalue weighted by Gasteiger charge is 2.16. The standard InChI is InChI=1S/C16H24N4O/c1-2-14(8-9-21)19-16(10-17)13-11-18-20(12-13)15-6-4-3-5-7-15/h3-7,11-12,14,16,19,21H,2,8-10,17H2,1H3. The van der Waals surface area contributed by atoms with Gasteiger partial charge in [0.25, 0.3) is 0 Å². The molecular weight excluding hydrogens is 264 g/mol. The van der Waals surface area contributed by atoms with Crippen molar-refractivity contribution in [2.45, 2.75) is 31.8 Å². The number of nitrogens with zero attached hydrogens (tertiary/aromatic N) is 2. The van der Waals surface area contributed by atoms with Crippen molar-refractivity contribution in [1.82, 2.24) is 15.1 Å². The summed E-state index contributed by atoms with van der Waals surface area (Å²) in [5, 5.41) is 17.0. The fourth-order valence-corrected chi connectivity index (χ4v) is 2.38. The monoisotopic (exact) mass is 288 g/mol. The van der Waals surface area contributed by atoms with Crippen molar-refractivity contribution in [3.05, 3.63) is 48.3 Å². The molecule has 2 aromatic rings. The summed E-state index contributed by atoms with van der Waals surface area (Å²) in [7, 11) is 0. The van der Waals surface area contributed by atoms with E-state index in [0.717, 1.165) is 24.1 Å². The van der Waals surface area contributed by atoms with Crippen molar-refractivity contribution in [1.29, 1.82) is 0 Å². The molecule has 0 radical (unpaired) electrons. The van der Waals surface area contributed by atoms with E-state index >= 15 is 0 Å². The van der Waals surface area contributed by atoms with E-state index in [9.17, 15) is 0 Å². The van der Waals surface area contributed by atoms with E-state index in [4.69, 9.17) is 10.8 Å². The van der Waals surface area contributed by atoms with Gasteiger partial charge < -0.3 is 16.2 Å². The molecule has 0 saturated heterocycles. The zero-order valence-corrected chi connectivity index (χ0v) is 12.4. The van der Waals surface area contributed by atoms with E-state index in [1.54, 1.807) is 0 Å². The summed E-state index contributed by atoms with van der Waals surface area (Å²) in [6, 6.07) is 10.3. The quantitative estimate of drug-likeness (QED) is 0.690. The lowest BCUT2D eigenvalue weighted by Gasteiger charge is -2.22. The highest BCUT2D eigenvalue weighted by molar-refractivity contribution is 5.31. The lowest BCUT2D eigenvalue weighted by Crippen LogP contribution is -2.36. The molecule has 114 valence electrons. The number of aliphatic hydroxyl groups excluding tert-OH is 1. The van der Waals surface area contributed by atoms with Crippen molar-refractivity contribution in [2.24, 2.45) is 5.73 Å². The first kappa shape index (κ1) is 15.7. The Hall–Kier alpha value is -1.69. The van der Waals surface area contributed by atoms with E-state index in [-0.39, 0.29) is 18.7 Å². The topological polar surface area (TPSA) is 76.1 Å². The Morgan fingerprint density at radius 1 is 1.33 bits per heavy atom. The van der Waals surface area contributed by atoms with Gasteiger partial charge in [-0.05, 0) is 25.0 Å². The summed E-state index contributed by atoms with van der Waals surface area (Å²) in [4.78, 5) is 0. The van der Waals surface area contributed by atoms with Gasteiger partial charge in [-0.25, -0.2) is 4.68 Å². The molecular formula is C16H24N4O. The van der Waals surface area contributed by atoms with E-state index in [1.807, 2.05) is 47.4 Å². The molecule has 21 heavy (non-hydrogen) atoms. The van der Waals surface area contributed by atoms with Gasteiger partial charge >= 0.3 is 0 Å². The van der Waals surface area contributed by atoms with Crippen molar-refractivity contribution in [3.8, 4) is 5.69 Å². The number of rotatable bonds is 8. The van der Waals surface area contributed by atoms with E-state index in [2.05, 4.69) is 17.3 Å². The number of aliphatic hydroxyl groups is 1. The van der Waals surface area contributed by atoms with Crippen LogP contribution >= 0.6 is 0 Å². The summed E-state index contributed by atoms with van der Waals surface area (Å²) < 4.78 is 1.85. The molecule has 1 aromatic heterocycles. The van der Waals surface area contributed by atoms with Crippen LogP contribution in [0.2, 0.25) is 0 Å². The van der Waals surface area contributed by atoms with Gasteiger partial charge in [-0.3, -0.25) is 0 Å². The zero-order chi connectivity index (χ0) is 15.1. The van der Waals surface area contributed by atoms with Crippen LogP contribution in [0, 0.1) is 0 Å². The third-order valence-electron chi connectivity index (χ3n) is 3.67. The van der Waals surface area contributed by atoms with Gasteiger partial charge in [0, 0.05) is 37.0 Å². The predicted molar refractivity (Wildman–Crippen MR) is 84.3 cm³/mol. The maximum atomic E-state index is 9.09. The second-order valence-electron chi connectivity index (χ2n) is 5.13. The third kappa shape index (κ3) is 4.14. The number of aromatic nitrogens is 2. The molecule has 5 heteroatoms. The molecule has 2 rings (SSSR count). The van der Waals surface area contributed by atoms with Crippen LogP contribution in [0.4, 0.5) is 0 Å². The van der Waals surface area contributed by atoms with Crippen LogP contribution in [0.1, 0.15) is 31.4 Å². The van der Waals surface area contributed by atoms with Crippen molar-refractivity contribution < 1.29 is 5.11 Å². The minimum absolute atomic E-state index is 0.0546. The van der Waals surface area contributed by atoms with Crippen molar-refractivity contribution in [2.75, 3.05) is 13.2 Å². The molecule has 0 aliphatic carbocycles. The zero-order valence-electron chi connectivity index (χ0n) is 12.4. The van der Waals surface area contributed by atoms with Gasteiger partial charge in [0.15, 0.2) is 0 Å². The molecule has 1 aromatic carbocycles. The van der Waals surface area contributed by atoms with Crippen LogP contribution in [0.5, 0.6) is 0 Å². The largest absolute Gasteiger partial charge is 0.396 e. The fourth-order valence-electron chi connectivity index (χ4n) is 2.38. The maximum absolute atomic E-state index is 9.09. The van der Waals surface area contributed by atoms with E-state index in [0.29, 0.717) is 6.54 Å². The van der Waals surface area contributed by atoms with Crippen LogP contribution in [-0.2, 0) is 0 Å². The number of hydrogen-bond acceptors (Lipinski definition) is 4. The number of benzene rings is 1. The SMILES string of the molecule is CCC(CCO)NC(CN)c1cnn(-c2ccccc2)c1. The summed E-state index contributed by atoms with van der Waals surface area (Å²) in [6.45, 7) is 2.79. The molecule has 2 atom stereocenters. The Kier molecular flexibility index (Phi) is 5.92. The Labute approximate surface area is 125 Å². The molecule has 1 heterocycles. The molecule has 0 bridgehead atoms. The second-order valence-corrected chi connectivity index (χ2v) is 5.13. The van der Waals surface area contributed by atoms with E-state index < -0.39 is 0 Å². The van der Waals surface area contributed by atoms with Crippen LogP contribution < -0.4 is 11.1 Å². The lowest BCUT2D eigenvalue weighted by atomic mass is 10.1. The highest BCUT2D eigenvalue weighted by Crippen LogP contribution is 2.16. The third-order valence-corrected chi connectivity index (χ3v) is 3.67. The maximum Gasteiger partial charge on any atom is 0.0645 e. The number of nitrogens with one attached hydrogen (secondary N) is 1. The van der Waals surface area contributed by atoms with Crippen molar-refractivity contribution in [3.63, 3.8) is 0 Å². The van der Waals surface area contributed by atoms with Crippen LogP contribution in [0.3, 0.4) is 0 Å². The summed E-state index contributed by atoms with van der Waals surface area (Å²) in [5.41, 5.74) is 7.99. The van der Waals surface area contributed by atoms with Gasteiger partial charge in [0.1, 0.15) is 0 Å². The van der Waals surface area contributed by atoms with Crippen LogP contribution in [0.15, 0.2) is 42.7 Å². The summed E-state index contributed by atoms with van der Waals surface area (Å²) in [6.07, 6.45) is 5.55. The Morgan fingerprint density at radius 2 is 2.10 bits per heavy atom. The first-order valence-electron chi connectivity index (χ1n) is 7.45. The minimum Gasteiger partial charge on any atom is -0.396 e. The van der Waals surface area contributed by atoms with Gasteiger partial charge in [-0.2, -0.15) is 5.10 Å². The molecule has 0 aliphatic rings. The molecule has 2 unspecified atom stereocenters. The highest BCUT2D eigenvalue weighted by atomic mass is 16.3. The van der Waals surface area contributed by atoms with Gasteiger partial charge in [-0.15, -0.1) is 0 Å². The van der Waals surface area contributed by atoms with Crippen LogP contribution in [-0.4, -0.2) is 34.1 Å². The molecule has 0 spiro atoms. The number of nitrogens with two attached hydrogens (primary N) is 1. The minimum atomic E-state index is 0.0546. The predicted octanol–water partition coefficient (Wildman–Crippen LogP) is 1.62. The van der Waals surface area contributed by atoms with Crippen LogP contribution in [0.25, 0.3) is 5.69 Å². The number of para-hydroxylation sites is 1. The average molecular weight is 288 g/mol. The van der Waals surface area contributed by atoms with Gasteiger partial charge in [0.2, 0.25) is 0 Å². The van der Waals surface area contributed by atoms with Gasteiger partial charge in [0.05, 0.1) is 11.9 Å². The Balaban J connectivity index is 2.10. The van der Waals surface area contributed by atoms with Crippen molar-refractivity contribution >= 4 is 0 Å². The first-order chi connectivity index (χ1) is 10.3. The molecule has 0 amide bonds. The van der Waals surface area contributed by atoms with Gasteiger partial charge in [-0.1, -0.05) is 25.1 Å². The Morgan fingerprint density at radius 3 is 2.71 bits per heavy atom. The summed E-state index contributed by atoms with van der Waals surface area (Å²) >= 11 is 0. The molecule has 0 aliphatic heterocycles. The summed E-state index contributed by atoms with van der Waals surface area (Å²) in [5.74, 6) is 0. The molecule has 4 N–H and O–H groups in total. The molecule has 5 nitrogen and oxygen atoms in total. The first-order valence-corrected chi connectivity index (χ1v) is 7.45. The smallest absolute Gasteiger partial charge is 0.0645 e. The number of hydrogen-bond donors (Lipinski definition) is 3. The average Bonchev–Trinajstić information content (AvgIpc) is 3.02. The fraction of sp³-hybridized carbons (Fsp3) is 0.438. The molecule has 0 saturated carbocycles. The Bertz CT molecular complexity index is 526. The normalized spacial score (nSPS) is 14.0. The van der Waals surface area contributed by atoms with E-state index in [1.165, 1.54) is 0 Å². The lowest BCUT2D eigenvalue weighted by molar-refractivity contribution is 0.256. The second kappa shape index (κ2) is 7.93. The molecule has 0 fully saturated rings.